The number of hydrogen-bond acceptors (Lipinski definition) is 5. The number of nitrogens with zero attached hydrogens (tertiary/aromatic N) is 6. The van der Waals surface area contributed by atoms with Gasteiger partial charge in [-0.25, -0.2) is 14.5 Å². The second kappa shape index (κ2) is 9.83. The molecule has 178 valence electrons. The highest BCUT2D eigenvalue weighted by Gasteiger charge is 2.22. The number of aromatic amines is 1. The molecule has 0 saturated carbocycles. The lowest BCUT2D eigenvalue weighted by Gasteiger charge is -2.29. The minimum atomic E-state index is -0.136. The van der Waals surface area contributed by atoms with Crippen LogP contribution in [0.4, 0.5) is 0 Å². The summed E-state index contributed by atoms with van der Waals surface area (Å²) >= 11 is 0. The number of nitrogens with one attached hydrogen (secondary N) is 1. The maximum absolute atomic E-state index is 6.77. The molecule has 2 aromatic carbocycles. The SMILES string of the molecule is [B]N(Cc1nc(-c2ccc3ncnn3c2)c(-c2cccc(C)n2)[nH]1)C(c1ccccc1)c1ccccc1. The number of aromatic nitrogens is 6. The van der Waals surface area contributed by atoms with E-state index in [9.17, 15) is 0 Å². The summed E-state index contributed by atoms with van der Waals surface area (Å²) in [5.41, 5.74) is 7.28. The smallest absolute Gasteiger partial charge is 0.184 e. The third-order valence-corrected chi connectivity index (χ3v) is 6.34. The van der Waals surface area contributed by atoms with Crippen LogP contribution in [-0.2, 0) is 6.54 Å². The summed E-state index contributed by atoms with van der Waals surface area (Å²) in [7, 11) is 6.77. The van der Waals surface area contributed by atoms with Gasteiger partial charge >= 0.3 is 0 Å². The van der Waals surface area contributed by atoms with Crippen molar-refractivity contribution < 1.29 is 0 Å². The van der Waals surface area contributed by atoms with Crippen LogP contribution in [0, 0.1) is 6.92 Å². The van der Waals surface area contributed by atoms with Crippen LogP contribution in [0.1, 0.15) is 28.7 Å². The van der Waals surface area contributed by atoms with E-state index in [1.165, 1.54) is 6.33 Å². The third-order valence-electron chi connectivity index (χ3n) is 6.34. The van der Waals surface area contributed by atoms with Gasteiger partial charge in [0.05, 0.1) is 17.1 Å². The molecule has 0 amide bonds. The van der Waals surface area contributed by atoms with Gasteiger partial charge in [0, 0.05) is 30.0 Å². The predicted octanol–water partition coefficient (Wildman–Crippen LogP) is 5.16. The summed E-state index contributed by atoms with van der Waals surface area (Å²) in [5, 5.41) is 4.29. The van der Waals surface area contributed by atoms with Crippen LogP contribution in [-0.4, -0.2) is 42.3 Å². The zero-order valence-corrected chi connectivity index (χ0v) is 20.4. The number of imidazole rings is 1. The number of fused-ring (bicyclic) bond motifs is 1. The number of aryl methyl sites for hydroxylation is 1. The number of rotatable bonds is 7. The largest absolute Gasteiger partial charge is 0.339 e. The molecule has 0 saturated heterocycles. The molecule has 4 aromatic heterocycles. The normalized spacial score (nSPS) is 11.5. The molecule has 0 atom stereocenters. The van der Waals surface area contributed by atoms with Crippen LogP contribution in [0.5, 0.6) is 0 Å². The van der Waals surface area contributed by atoms with E-state index in [4.69, 9.17) is 17.9 Å². The van der Waals surface area contributed by atoms with E-state index in [-0.39, 0.29) is 6.04 Å². The van der Waals surface area contributed by atoms with Gasteiger partial charge in [0.15, 0.2) is 13.6 Å². The van der Waals surface area contributed by atoms with E-state index in [2.05, 4.69) is 39.3 Å². The molecule has 0 aliphatic heterocycles. The van der Waals surface area contributed by atoms with Gasteiger partial charge in [0.25, 0.3) is 0 Å². The van der Waals surface area contributed by atoms with Crippen molar-refractivity contribution in [1.29, 1.82) is 0 Å². The minimum Gasteiger partial charge on any atom is -0.339 e. The van der Waals surface area contributed by atoms with Crippen LogP contribution in [0.3, 0.4) is 0 Å². The highest BCUT2D eigenvalue weighted by atomic mass is 15.3. The zero-order chi connectivity index (χ0) is 25.2. The summed E-state index contributed by atoms with van der Waals surface area (Å²) in [6.45, 7) is 2.38. The van der Waals surface area contributed by atoms with Crippen LogP contribution < -0.4 is 0 Å². The fourth-order valence-corrected chi connectivity index (χ4v) is 4.64. The Kier molecular flexibility index (Phi) is 6.08. The Bertz CT molecular complexity index is 1600. The van der Waals surface area contributed by atoms with E-state index >= 15 is 0 Å². The standard InChI is InChI=1S/C29H24BN7/c1-20-9-8-14-24(33-20)28-27(23-15-16-26-31-19-32-37(26)17-23)34-25(35-28)18-36(30)29(21-10-4-2-5-11-21)22-12-6-3-7-13-22/h2-17,19,29H,18H2,1H3,(H,34,35). The molecule has 0 spiro atoms. The first-order chi connectivity index (χ1) is 18.2. The number of benzene rings is 2. The maximum Gasteiger partial charge on any atom is 0.184 e. The van der Waals surface area contributed by atoms with Gasteiger partial charge in [-0.1, -0.05) is 66.7 Å². The van der Waals surface area contributed by atoms with E-state index in [0.717, 1.165) is 50.9 Å². The van der Waals surface area contributed by atoms with Gasteiger partial charge in [0.2, 0.25) is 0 Å². The molecule has 0 aliphatic carbocycles. The fourth-order valence-electron chi connectivity index (χ4n) is 4.64. The predicted molar refractivity (Wildman–Crippen MR) is 145 cm³/mol. The molecule has 0 bridgehead atoms. The number of hydrogen-bond donors (Lipinski definition) is 1. The lowest BCUT2D eigenvalue weighted by atomic mass is 9.94. The fraction of sp³-hybridized carbons (Fsp3) is 0.103. The van der Waals surface area contributed by atoms with Gasteiger partial charge in [-0.15, -0.1) is 0 Å². The van der Waals surface area contributed by atoms with Crippen LogP contribution >= 0.6 is 0 Å². The Morgan fingerprint density at radius 1 is 0.865 bits per heavy atom. The van der Waals surface area contributed by atoms with Gasteiger partial charge in [0.1, 0.15) is 12.2 Å². The van der Waals surface area contributed by atoms with Gasteiger partial charge in [-0.05, 0) is 42.3 Å². The van der Waals surface area contributed by atoms with Crippen LogP contribution in [0.2, 0.25) is 0 Å². The Morgan fingerprint density at radius 3 is 2.30 bits per heavy atom. The molecule has 6 rings (SSSR count). The van der Waals surface area contributed by atoms with E-state index in [0.29, 0.717) is 6.54 Å². The summed E-state index contributed by atoms with van der Waals surface area (Å²) < 4.78 is 1.74. The molecule has 0 fully saturated rings. The van der Waals surface area contributed by atoms with Crippen molar-refractivity contribution in [3.63, 3.8) is 0 Å². The van der Waals surface area contributed by atoms with Gasteiger partial charge < -0.3 is 9.79 Å². The Labute approximate surface area is 216 Å². The van der Waals surface area contributed by atoms with Crippen molar-refractivity contribution in [3.8, 4) is 22.6 Å². The van der Waals surface area contributed by atoms with Crippen molar-refractivity contribution in [3.05, 3.63) is 126 Å². The van der Waals surface area contributed by atoms with Gasteiger partial charge in [-0.3, -0.25) is 4.98 Å². The molecule has 0 aliphatic rings. The molecule has 2 radical (unpaired) electrons. The molecule has 1 N–H and O–H groups in total. The average Bonchev–Trinajstić information content (AvgIpc) is 3.57. The molecule has 6 aromatic rings. The Hall–Kier alpha value is -4.56. The number of H-pyrrole nitrogens is 1. The second-order valence-corrected chi connectivity index (χ2v) is 8.95. The van der Waals surface area contributed by atoms with Crippen LogP contribution in [0.15, 0.2) is 104 Å². The third kappa shape index (κ3) is 4.67. The minimum absolute atomic E-state index is 0.136. The summed E-state index contributed by atoms with van der Waals surface area (Å²) in [5.74, 6) is 0.742. The highest BCUT2D eigenvalue weighted by molar-refractivity contribution is 6.04. The van der Waals surface area contributed by atoms with E-state index in [1.807, 2.05) is 84.7 Å². The van der Waals surface area contributed by atoms with Crippen molar-refractivity contribution in [2.24, 2.45) is 0 Å². The lowest BCUT2D eigenvalue weighted by molar-refractivity contribution is 0.373. The van der Waals surface area contributed by atoms with Crippen molar-refractivity contribution >= 4 is 13.6 Å². The monoisotopic (exact) mass is 481 g/mol. The maximum atomic E-state index is 6.77. The number of pyridine rings is 2. The Balaban J connectivity index is 1.41. The van der Waals surface area contributed by atoms with Crippen molar-refractivity contribution in [2.75, 3.05) is 0 Å². The lowest BCUT2D eigenvalue weighted by Crippen LogP contribution is -2.27. The molecule has 37 heavy (non-hydrogen) atoms. The van der Waals surface area contributed by atoms with E-state index in [1.54, 1.807) is 4.52 Å². The first-order valence-corrected chi connectivity index (χ1v) is 12.1. The molecule has 7 nitrogen and oxygen atoms in total. The molecular formula is C29H24BN7. The topological polar surface area (TPSA) is 75.0 Å². The van der Waals surface area contributed by atoms with Gasteiger partial charge in [-0.2, -0.15) is 5.10 Å². The molecule has 4 heterocycles. The van der Waals surface area contributed by atoms with Crippen molar-refractivity contribution in [1.82, 2.24) is 34.4 Å². The molecule has 8 heteroatoms. The first kappa shape index (κ1) is 22.9. The van der Waals surface area contributed by atoms with E-state index < -0.39 is 0 Å². The highest BCUT2D eigenvalue weighted by Crippen LogP contribution is 2.32. The zero-order valence-electron chi connectivity index (χ0n) is 20.4. The quantitative estimate of drug-likeness (QED) is 0.319. The average molecular weight is 481 g/mol. The second-order valence-electron chi connectivity index (χ2n) is 8.95. The summed E-state index contributed by atoms with van der Waals surface area (Å²) in [6, 6.07) is 30.3. The Morgan fingerprint density at radius 2 is 1.59 bits per heavy atom. The first-order valence-electron chi connectivity index (χ1n) is 12.1. The summed E-state index contributed by atoms with van der Waals surface area (Å²) in [4.78, 5) is 19.4. The van der Waals surface area contributed by atoms with Crippen molar-refractivity contribution in [2.45, 2.75) is 19.5 Å². The molecule has 0 unspecified atom stereocenters. The molecular weight excluding hydrogens is 457 g/mol. The van der Waals surface area contributed by atoms with Crippen LogP contribution in [0.25, 0.3) is 28.3 Å². The summed E-state index contributed by atoms with van der Waals surface area (Å²) in [6.07, 6.45) is 3.47.